The second kappa shape index (κ2) is 12.7. The summed E-state index contributed by atoms with van der Waals surface area (Å²) in [6, 6.07) is 12.8. The van der Waals surface area contributed by atoms with Gasteiger partial charge in [-0.05, 0) is 130 Å². The fourth-order valence-corrected chi connectivity index (χ4v) is 8.48. The fraction of sp³-hybridized carbons (Fsp3) is 0.579. The molecule has 2 aromatic heterocycles. The first kappa shape index (κ1) is 31.5. The highest BCUT2D eigenvalue weighted by Crippen LogP contribution is 2.58. The number of anilines is 1. The zero-order valence-electron chi connectivity index (χ0n) is 27.8. The molecule has 4 fully saturated rings. The van der Waals surface area contributed by atoms with E-state index in [-0.39, 0.29) is 28.4 Å². The second-order valence-corrected chi connectivity index (χ2v) is 14.7. The average molecular weight is 611 g/mol. The number of aromatic nitrogens is 3. The first-order chi connectivity index (χ1) is 21.6. The molecule has 0 N–H and O–H groups in total. The predicted molar refractivity (Wildman–Crippen MR) is 178 cm³/mol. The van der Waals surface area contributed by atoms with Gasteiger partial charge in [-0.2, -0.15) is 5.10 Å². The van der Waals surface area contributed by atoms with Crippen molar-refractivity contribution < 1.29 is 14.3 Å². The van der Waals surface area contributed by atoms with E-state index in [1.165, 1.54) is 11.1 Å². The van der Waals surface area contributed by atoms with E-state index in [2.05, 4.69) is 45.0 Å². The van der Waals surface area contributed by atoms with Crippen molar-refractivity contribution in [2.75, 3.05) is 18.6 Å². The molecule has 0 radical (unpaired) electrons. The molecule has 7 nitrogen and oxygen atoms in total. The monoisotopic (exact) mass is 610 g/mol. The number of hydrogen-bond acceptors (Lipinski definition) is 5. The molecule has 0 aliphatic heterocycles. The number of benzene rings is 1. The number of carbonyl (C=O) groups excluding carboxylic acids is 2. The maximum absolute atomic E-state index is 14.5. The van der Waals surface area contributed by atoms with E-state index in [0.29, 0.717) is 24.8 Å². The molecule has 4 aliphatic rings. The van der Waals surface area contributed by atoms with Crippen LogP contribution in [0.4, 0.5) is 5.82 Å². The molecule has 2 heterocycles. The highest BCUT2D eigenvalue weighted by molar-refractivity contribution is 5.94. The number of pyridine rings is 1. The molecule has 7 rings (SSSR count). The van der Waals surface area contributed by atoms with Crippen molar-refractivity contribution in [3.8, 4) is 11.4 Å². The Morgan fingerprint density at radius 1 is 1.00 bits per heavy atom. The van der Waals surface area contributed by atoms with Crippen molar-refractivity contribution in [3.05, 3.63) is 65.6 Å². The lowest BCUT2D eigenvalue weighted by atomic mass is 9.51. The van der Waals surface area contributed by atoms with Gasteiger partial charge in [0.15, 0.2) is 0 Å². The highest BCUT2D eigenvalue weighted by Gasteiger charge is 2.50. The zero-order valence-corrected chi connectivity index (χ0v) is 27.8. The van der Waals surface area contributed by atoms with Crippen LogP contribution < -0.4 is 9.64 Å². The van der Waals surface area contributed by atoms with E-state index in [0.717, 1.165) is 87.2 Å². The summed E-state index contributed by atoms with van der Waals surface area (Å²) in [6.45, 7) is 8.83. The first-order valence-electron chi connectivity index (χ1n) is 17.1. The molecule has 3 aromatic rings. The lowest BCUT2D eigenvalue weighted by Crippen LogP contribution is -2.52. The van der Waals surface area contributed by atoms with Gasteiger partial charge in [0.05, 0.1) is 18.5 Å². The Hall–Kier alpha value is -3.48. The molecule has 1 aromatic carbocycles. The van der Waals surface area contributed by atoms with Crippen LogP contribution in [-0.2, 0) is 15.0 Å². The number of amides is 1. The van der Waals surface area contributed by atoms with Crippen LogP contribution >= 0.6 is 0 Å². The van der Waals surface area contributed by atoms with Crippen molar-refractivity contribution in [2.45, 2.75) is 110 Å². The van der Waals surface area contributed by atoms with Crippen LogP contribution in [0.5, 0.6) is 5.75 Å². The smallest absolute Gasteiger partial charge is 0.231 e. The predicted octanol–water partition coefficient (Wildman–Crippen LogP) is 8.12. The lowest BCUT2D eigenvalue weighted by molar-refractivity contribution is -0.124. The average Bonchev–Trinajstić information content (AvgIpc) is 3.56. The summed E-state index contributed by atoms with van der Waals surface area (Å²) in [4.78, 5) is 33.1. The summed E-state index contributed by atoms with van der Waals surface area (Å²) in [7, 11) is 1.74. The van der Waals surface area contributed by atoms with Gasteiger partial charge in [0.1, 0.15) is 17.4 Å². The minimum Gasteiger partial charge on any atom is -0.496 e. The molecule has 45 heavy (non-hydrogen) atoms. The van der Waals surface area contributed by atoms with Crippen molar-refractivity contribution in [3.63, 3.8) is 0 Å². The highest BCUT2D eigenvalue weighted by atomic mass is 16.5. The molecular weight excluding hydrogens is 560 g/mol. The summed E-state index contributed by atoms with van der Waals surface area (Å²) in [5, 5.41) is 4.80. The van der Waals surface area contributed by atoms with Gasteiger partial charge in [-0.3, -0.25) is 9.69 Å². The van der Waals surface area contributed by atoms with Crippen molar-refractivity contribution in [2.24, 2.45) is 17.3 Å². The number of carbonyl (C=O) groups is 2. The number of aryl methyl sites for hydroxylation is 1. The minimum absolute atomic E-state index is 0.0270. The molecule has 0 spiro atoms. The van der Waals surface area contributed by atoms with E-state index >= 15 is 0 Å². The Balaban J connectivity index is 1.25. The Labute approximate surface area is 268 Å². The van der Waals surface area contributed by atoms with E-state index in [4.69, 9.17) is 14.8 Å². The number of Topliss-reactive ketones (excluding diaryl/α,β-unsaturated/α-hetero) is 1. The number of methoxy groups -OCH3 is 1. The quantitative estimate of drug-likeness (QED) is 0.232. The standard InChI is InChI=1S/C38H50N4O3/c1-26(2)33-13-21-42(40-33)32-12-20-39-35(24-32)41(36(44)30-8-6-29(7-9-30)23-28(4)43)25-37-14-17-38(18-15-37,19-16-37)31-10-11-34(45-5)27(3)22-31/h10-13,20-22,24,26,29-30H,6-9,14-19,23,25H2,1-5H3. The third-order valence-corrected chi connectivity index (χ3v) is 11.4. The Morgan fingerprint density at radius 3 is 2.31 bits per heavy atom. The summed E-state index contributed by atoms with van der Waals surface area (Å²) >= 11 is 0. The van der Waals surface area contributed by atoms with Gasteiger partial charge in [-0.15, -0.1) is 0 Å². The topological polar surface area (TPSA) is 77.3 Å². The van der Waals surface area contributed by atoms with Crippen molar-refractivity contribution in [1.29, 1.82) is 0 Å². The molecule has 7 heteroatoms. The third-order valence-electron chi connectivity index (χ3n) is 11.4. The van der Waals surface area contributed by atoms with Gasteiger partial charge in [0.25, 0.3) is 0 Å². The van der Waals surface area contributed by atoms with Crippen LogP contribution in [-0.4, -0.2) is 40.1 Å². The van der Waals surface area contributed by atoms with E-state index in [1.807, 2.05) is 34.1 Å². The van der Waals surface area contributed by atoms with Crippen LogP contribution in [0.2, 0.25) is 0 Å². The summed E-state index contributed by atoms with van der Waals surface area (Å²) in [5.41, 5.74) is 4.92. The van der Waals surface area contributed by atoms with Gasteiger partial charge < -0.3 is 9.53 Å². The second-order valence-electron chi connectivity index (χ2n) is 14.7. The Kier molecular flexibility index (Phi) is 8.91. The van der Waals surface area contributed by atoms with E-state index in [1.54, 1.807) is 14.0 Å². The van der Waals surface area contributed by atoms with Crippen LogP contribution in [0.1, 0.15) is 114 Å². The number of nitrogens with zero attached hydrogens (tertiary/aromatic N) is 4. The molecule has 2 bridgehead atoms. The van der Waals surface area contributed by atoms with E-state index < -0.39 is 0 Å². The lowest BCUT2D eigenvalue weighted by Gasteiger charge is -2.55. The molecule has 1 amide bonds. The molecule has 240 valence electrons. The van der Waals surface area contributed by atoms with Crippen LogP contribution in [0.3, 0.4) is 0 Å². The van der Waals surface area contributed by atoms with Crippen molar-refractivity contribution >= 4 is 17.5 Å². The van der Waals surface area contributed by atoms with Gasteiger partial charge >= 0.3 is 0 Å². The Bertz CT molecular complexity index is 1510. The molecular formula is C38H50N4O3. The van der Waals surface area contributed by atoms with E-state index in [9.17, 15) is 9.59 Å². The molecule has 0 atom stereocenters. The molecule has 0 saturated heterocycles. The summed E-state index contributed by atoms with van der Waals surface area (Å²) in [6.07, 6.45) is 14.8. The molecule has 0 unspecified atom stereocenters. The normalized spacial score (nSPS) is 26.2. The third kappa shape index (κ3) is 6.45. The van der Waals surface area contributed by atoms with Gasteiger partial charge in [-0.25, -0.2) is 9.67 Å². The van der Waals surface area contributed by atoms with Crippen LogP contribution in [0.15, 0.2) is 48.8 Å². The number of fused-ring (bicyclic) bond motifs is 3. The van der Waals surface area contributed by atoms with Gasteiger partial charge in [0.2, 0.25) is 5.91 Å². The van der Waals surface area contributed by atoms with Crippen LogP contribution in [0.25, 0.3) is 5.69 Å². The van der Waals surface area contributed by atoms with Crippen LogP contribution in [0, 0.1) is 24.2 Å². The molecule has 4 aliphatic carbocycles. The fourth-order valence-electron chi connectivity index (χ4n) is 8.48. The number of ketones is 1. The largest absolute Gasteiger partial charge is 0.496 e. The summed E-state index contributed by atoms with van der Waals surface area (Å²) < 4.78 is 7.45. The number of hydrogen-bond donors (Lipinski definition) is 0. The van der Waals surface area contributed by atoms with Crippen molar-refractivity contribution in [1.82, 2.24) is 14.8 Å². The van der Waals surface area contributed by atoms with Gasteiger partial charge in [-0.1, -0.05) is 26.0 Å². The number of rotatable bonds is 10. The first-order valence-corrected chi connectivity index (χ1v) is 17.1. The zero-order chi connectivity index (χ0) is 31.8. The maximum atomic E-state index is 14.5. The minimum atomic E-state index is -0.0270. The van der Waals surface area contributed by atoms with Gasteiger partial charge in [0, 0.05) is 37.3 Å². The summed E-state index contributed by atoms with van der Waals surface area (Å²) in [5.74, 6) is 2.85. The SMILES string of the molecule is COc1ccc(C23CCC(CN(C(=O)C4CCC(CC(C)=O)CC4)c4cc(-n5ccc(C(C)C)n5)ccn4)(CC2)CC3)cc1C. The Morgan fingerprint density at radius 2 is 1.71 bits per heavy atom. The molecule has 4 saturated carbocycles. The number of ether oxygens (including phenoxy) is 1. The maximum Gasteiger partial charge on any atom is 0.231 e.